The van der Waals surface area contributed by atoms with Crippen LogP contribution < -0.4 is 5.56 Å². The lowest BCUT2D eigenvalue weighted by molar-refractivity contribution is 0.147. The molecular weight excluding hydrogens is 588 g/mol. The second-order valence-electron chi connectivity index (χ2n) is 12.6. The average molecular weight is 617 g/mol. The molecule has 10 rings (SSSR count). The molecule has 1 unspecified atom stereocenters. The molecule has 9 aromatic rings. The summed E-state index contributed by atoms with van der Waals surface area (Å²) >= 11 is 0. The summed E-state index contributed by atoms with van der Waals surface area (Å²) in [4.78, 5) is 13.9. The highest BCUT2D eigenvalue weighted by Crippen LogP contribution is 2.44. The van der Waals surface area contributed by atoms with Gasteiger partial charge in [-0.05, 0) is 75.7 Å². The number of hydrogen-bond donors (Lipinski definition) is 1. The van der Waals surface area contributed by atoms with Crippen LogP contribution in [0.25, 0.3) is 82.5 Å². The fourth-order valence-electron chi connectivity index (χ4n) is 7.82. The molecule has 3 heterocycles. The van der Waals surface area contributed by atoms with Crippen LogP contribution in [0.15, 0.2) is 163 Å². The number of rotatable bonds is 3. The van der Waals surface area contributed by atoms with Gasteiger partial charge < -0.3 is 9.67 Å². The standard InChI is InChI=1S/C44H28N2O2/c47-43-34-17-9-7-15-32(34)38-25-31(26-39-33-16-8-10-18-35(33)44(48)46(43)42(38)39)45-40-21-19-29(27-11-3-1-4-12-27)23-36(40)37-24-30(20-22-41(37)45)28-13-5-2-6-14-28/h1-26,43,47H. The molecule has 1 aliphatic heterocycles. The zero-order valence-electron chi connectivity index (χ0n) is 25.8. The third kappa shape index (κ3) is 3.78. The van der Waals surface area contributed by atoms with E-state index in [4.69, 9.17) is 0 Å². The van der Waals surface area contributed by atoms with Crippen LogP contribution in [0.5, 0.6) is 0 Å². The van der Waals surface area contributed by atoms with Gasteiger partial charge in [0.2, 0.25) is 0 Å². The molecule has 226 valence electrons. The Kier molecular flexibility index (Phi) is 5.69. The van der Waals surface area contributed by atoms with Crippen LogP contribution in [0.3, 0.4) is 0 Å². The van der Waals surface area contributed by atoms with Gasteiger partial charge in [0.05, 0.1) is 16.6 Å². The molecule has 0 saturated heterocycles. The van der Waals surface area contributed by atoms with Crippen LogP contribution in [-0.2, 0) is 0 Å². The first-order valence-corrected chi connectivity index (χ1v) is 16.2. The Balaban J connectivity index is 1.34. The number of benzene rings is 7. The van der Waals surface area contributed by atoms with Crippen molar-refractivity contribution in [3.63, 3.8) is 0 Å². The molecule has 0 aliphatic carbocycles. The molecule has 4 nitrogen and oxygen atoms in total. The molecule has 7 aromatic carbocycles. The van der Waals surface area contributed by atoms with Crippen molar-refractivity contribution < 1.29 is 5.11 Å². The van der Waals surface area contributed by atoms with Gasteiger partial charge in [-0.15, -0.1) is 0 Å². The van der Waals surface area contributed by atoms with Crippen molar-refractivity contribution in [3.8, 4) is 39.1 Å². The maximum absolute atomic E-state index is 13.9. The molecule has 1 aliphatic rings. The lowest BCUT2D eigenvalue weighted by Gasteiger charge is -2.28. The molecule has 1 atom stereocenters. The summed E-state index contributed by atoms with van der Waals surface area (Å²) in [6.07, 6.45) is -1.07. The fraction of sp³-hybridized carbons (Fsp3) is 0.0227. The fourth-order valence-corrected chi connectivity index (χ4v) is 7.82. The van der Waals surface area contributed by atoms with Crippen molar-refractivity contribution in [3.05, 3.63) is 174 Å². The number of aromatic nitrogens is 2. The van der Waals surface area contributed by atoms with Crippen LogP contribution in [0.1, 0.15) is 11.8 Å². The van der Waals surface area contributed by atoms with Gasteiger partial charge in [-0.3, -0.25) is 9.36 Å². The lowest BCUT2D eigenvalue weighted by atomic mass is 9.90. The van der Waals surface area contributed by atoms with Gasteiger partial charge in [-0.2, -0.15) is 0 Å². The highest BCUT2D eigenvalue weighted by Gasteiger charge is 2.29. The monoisotopic (exact) mass is 616 g/mol. The third-order valence-corrected chi connectivity index (χ3v) is 10.0. The number of fused-ring (bicyclic) bond motifs is 7. The molecule has 2 aromatic heterocycles. The van der Waals surface area contributed by atoms with Crippen LogP contribution in [-0.4, -0.2) is 14.2 Å². The first kappa shape index (κ1) is 26.9. The zero-order chi connectivity index (χ0) is 31.9. The predicted molar refractivity (Wildman–Crippen MR) is 197 cm³/mol. The van der Waals surface area contributed by atoms with Gasteiger partial charge in [0.25, 0.3) is 5.56 Å². The van der Waals surface area contributed by atoms with Gasteiger partial charge in [-0.25, -0.2) is 0 Å². The molecule has 48 heavy (non-hydrogen) atoms. The molecule has 0 radical (unpaired) electrons. The van der Waals surface area contributed by atoms with Gasteiger partial charge in [0.15, 0.2) is 6.23 Å². The van der Waals surface area contributed by atoms with E-state index < -0.39 is 6.23 Å². The smallest absolute Gasteiger partial charge is 0.261 e. The van der Waals surface area contributed by atoms with E-state index in [1.165, 1.54) is 33.0 Å². The summed E-state index contributed by atoms with van der Waals surface area (Å²) in [5, 5.41) is 16.3. The Morgan fingerprint density at radius 3 is 1.67 bits per heavy atom. The van der Waals surface area contributed by atoms with E-state index in [1.54, 1.807) is 4.57 Å². The number of aliphatic hydroxyl groups is 1. The molecule has 0 spiro atoms. The van der Waals surface area contributed by atoms with Gasteiger partial charge in [-0.1, -0.05) is 115 Å². The highest BCUT2D eigenvalue weighted by atomic mass is 16.3. The summed E-state index contributed by atoms with van der Waals surface area (Å²) in [5.41, 5.74) is 11.0. The van der Waals surface area contributed by atoms with E-state index in [1.807, 2.05) is 60.7 Å². The molecular formula is C44H28N2O2. The minimum absolute atomic E-state index is 0.187. The largest absolute Gasteiger partial charge is 0.369 e. The van der Waals surface area contributed by atoms with Crippen LogP contribution in [0.2, 0.25) is 0 Å². The van der Waals surface area contributed by atoms with Crippen molar-refractivity contribution in [2.24, 2.45) is 0 Å². The summed E-state index contributed by atoms with van der Waals surface area (Å²) in [7, 11) is 0. The average Bonchev–Trinajstić information content (AvgIpc) is 3.48. The van der Waals surface area contributed by atoms with Crippen LogP contribution >= 0.6 is 0 Å². The Morgan fingerprint density at radius 2 is 1.02 bits per heavy atom. The van der Waals surface area contributed by atoms with E-state index >= 15 is 0 Å². The van der Waals surface area contributed by atoms with E-state index in [0.29, 0.717) is 5.39 Å². The molecule has 4 heteroatoms. The van der Waals surface area contributed by atoms with Gasteiger partial charge in [0, 0.05) is 38.4 Å². The third-order valence-electron chi connectivity index (χ3n) is 10.0. The van der Waals surface area contributed by atoms with Crippen molar-refractivity contribution in [2.75, 3.05) is 0 Å². The number of nitrogens with zero attached hydrogens (tertiary/aromatic N) is 2. The van der Waals surface area contributed by atoms with Gasteiger partial charge >= 0.3 is 0 Å². The summed E-state index contributed by atoms with van der Waals surface area (Å²) < 4.78 is 3.92. The van der Waals surface area contributed by atoms with E-state index in [-0.39, 0.29) is 5.56 Å². The number of hydrogen-bond acceptors (Lipinski definition) is 2. The second kappa shape index (κ2) is 10.1. The van der Waals surface area contributed by atoms with Crippen LogP contribution in [0, 0.1) is 0 Å². The topological polar surface area (TPSA) is 47.2 Å². The first-order chi connectivity index (χ1) is 23.7. The highest BCUT2D eigenvalue weighted by molar-refractivity contribution is 6.14. The Hall–Kier alpha value is -6.23. The lowest BCUT2D eigenvalue weighted by Crippen LogP contribution is -2.29. The normalized spacial score (nSPS) is 13.8. The van der Waals surface area contributed by atoms with Crippen molar-refractivity contribution in [2.45, 2.75) is 6.23 Å². The van der Waals surface area contributed by atoms with E-state index in [9.17, 15) is 9.90 Å². The maximum atomic E-state index is 13.9. The summed E-state index contributed by atoms with van der Waals surface area (Å²) in [6, 6.07) is 54.5. The van der Waals surface area contributed by atoms with Crippen LogP contribution in [0.4, 0.5) is 0 Å². The molecule has 0 fully saturated rings. The second-order valence-corrected chi connectivity index (χ2v) is 12.6. The Bertz CT molecular complexity index is 2720. The maximum Gasteiger partial charge on any atom is 0.261 e. The number of pyridine rings is 1. The molecule has 1 N–H and O–H groups in total. The van der Waals surface area contributed by atoms with E-state index in [2.05, 4.69) is 102 Å². The minimum atomic E-state index is -1.07. The first-order valence-electron chi connectivity index (χ1n) is 16.2. The minimum Gasteiger partial charge on any atom is -0.369 e. The molecule has 0 saturated carbocycles. The predicted octanol–water partition coefficient (Wildman–Crippen LogP) is 10.1. The van der Waals surface area contributed by atoms with Crippen molar-refractivity contribution in [1.29, 1.82) is 0 Å². The quantitative estimate of drug-likeness (QED) is 0.201. The Morgan fingerprint density at radius 1 is 0.458 bits per heavy atom. The molecule has 0 amide bonds. The molecule has 0 bridgehead atoms. The van der Waals surface area contributed by atoms with E-state index in [0.717, 1.165) is 49.7 Å². The summed E-state index contributed by atoms with van der Waals surface area (Å²) in [6.45, 7) is 0. The SMILES string of the molecule is O=c1c2ccccc2c2cc(-n3c4ccc(-c5ccccc5)cc4c4cc(-c5ccccc5)ccc43)cc3c2n1C(O)c1ccccc1-3. The number of aliphatic hydroxyl groups excluding tert-OH is 1. The zero-order valence-corrected chi connectivity index (χ0v) is 25.8. The Labute approximate surface area is 276 Å². The summed E-state index contributed by atoms with van der Waals surface area (Å²) in [5.74, 6) is 0. The van der Waals surface area contributed by atoms with Crippen molar-refractivity contribution in [1.82, 2.24) is 9.13 Å². The van der Waals surface area contributed by atoms with Gasteiger partial charge in [0.1, 0.15) is 0 Å². The van der Waals surface area contributed by atoms with Crippen molar-refractivity contribution >= 4 is 43.5 Å².